The van der Waals surface area contributed by atoms with Crippen LogP contribution in [0.25, 0.3) is 10.9 Å². The topological polar surface area (TPSA) is 223 Å². The molecule has 61 heavy (non-hydrogen) atoms. The smallest absolute Gasteiger partial charge is 0.317 e. The number of carboxylic acid groups (broad SMARTS) is 2. The highest BCUT2D eigenvalue weighted by Crippen LogP contribution is 2.31. The molecule has 0 radical (unpaired) electrons. The summed E-state index contributed by atoms with van der Waals surface area (Å²) < 4.78 is 6.11. The highest BCUT2D eigenvalue weighted by molar-refractivity contribution is 6.07. The predicted octanol–water partition coefficient (Wildman–Crippen LogP) is -0.772. The quantitative estimate of drug-likeness (QED) is 0.139. The summed E-state index contributed by atoms with van der Waals surface area (Å²) in [6, 6.07) is 8.72. The zero-order valence-electron chi connectivity index (χ0n) is 34.7. The van der Waals surface area contributed by atoms with E-state index in [0.717, 1.165) is 38.8 Å². The molecule has 19 nitrogen and oxygen atoms in total. The molecule has 0 spiro atoms. The molecule has 1 aromatic carbocycles. The van der Waals surface area contributed by atoms with E-state index >= 15 is 0 Å². The van der Waals surface area contributed by atoms with Crippen molar-refractivity contribution in [3.05, 3.63) is 36.0 Å². The van der Waals surface area contributed by atoms with Crippen molar-refractivity contribution in [3.63, 3.8) is 0 Å². The van der Waals surface area contributed by atoms with Gasteiger partial charge in [0.2, 0.25) is 11.8 Å². The van der Waals surface area contributed by atoms with Crippen molar-refractivity contribution >= 4 is 46.8 Å². The van der Waals surface area contributed by atoms with E-state index in [9.17, 15) is 44.2 Å². The van der Waals surface area contributed by atoms with E-state index in [1.807, 2.05) is 30.6 Å². The van der Waals surface area contributed by atoms with E-state index in [1.54, 1.807) is 24.4 Å². The van der Waals surface area contributed by atoms with Gasteiger partial charge in [0.1, 0.15) is 18.1 Å². The third-order valence-corrected chi connectivity index (χ3v) is 12.2. The van der Waals surface area contributed by atoms with Gasteiger partial charge in [-0.1, -0.05) is 0 Å². The van der Waals surface area contributed by atoms with Crippen LogP contribution in [0.5, 0.6) is 5.75 Å². The lowest BCUT2D eigenvalue weighted by Gasteiger charge is -2.33. The molecular formula is C42H58N10O9. The van der Waals surface area contributed by atoms with Crippen molar-refractivity contribution in [1.29, 1.82) is 5.26 Å². The Kier molecular flexibility index (Phi) is 16.3. The van der Waals surface area contributed by atoms with Gasteiger partial charge in [-0.2, -0.15) is 5.26 Å². The molecule has 6 rings (SSSR count). The molecule has 5 heterocycles. The minimum absolute atomic E-state index is 0.0173. The molecule has 3 N–H and O–H groups in total. The Morgan fingerprint density at radius 3 is 2.03 bits per heavy atom. The number of aromatic nitrogens is 1. The van der Waals surface area contributed by atoms with Gasteiger partial charge in [-0.15, -0.1) is 0 Å². The van der Waals surface area contributed by atoms with Crippen LogP contribution >= 0.6 is 0 Å². The fourth-order valence-corrected chi connectivity index (χ4v) is 8.93. The zero-order valence-corrected chi connectivity index (χ0v) is 34.7. The second-order valence-electron chi connectivity index (χ2n) is 16.5. The van der Waals surface area contributed by atoms with Crippen molar-refractivity contribution in [2.75, 3.05) is 131 Å². The number of aliphatic carboxylic acids is 2. The minimum Gasteiger partial charge on any atom is -0.494 e. The summed E-state index contributed by atoms with van der Waals surface area (Å²) in [4.78, 5) is 91.9. The number of amides is 3. The highest BCUT2D eigenvalue weighted by Gasteiger charge is 2.41. The van der Waals surface area contributed by atoms with Gasteiger partial charge in [-0.3, -0.25) is 48.6 Å². The van der Waals surface area contributed by atoms with Gasteiger partial charge in [-0.25, -0.2) is 0 Å². The number of carbonyl (C=O) groups is 6. The summed E-state index contributed by atoms with van der Waals surface area (Å²) in [5, 5.41) is 31.7. The van der Waals surface area contributed by atoms with Crippen LogP contribution in [-0.4, -0.2) is 222 Å². The van der Waals surface area contributed by atoms with Crippen LogP contribution in [-0.2, 0) is 24.0 Å². The number of likely N-dealkylation sites (tertiary alicyclic amines) is 3. The van der Waals surface area contributed by atoms with Crippen LogP contribution in [0, 0.1) is 23.2 Å². The fraction of sp³-hybridized carbons (Fsp3) is 0.619. The van der Waals surface area contributed by atoms with Gasteiger partial charge in [0.15, 0.2) is 0 Å². The van der Waals surface area contributed by atoms with Crippen molar-refractivity contribution in [1.82, 2.24) is 44.6 Å². The molecule has 4 fully saturated rings. The number of hydrogen-bond acceptors (Lipinski definition) is 14. The molecule has 330 valence electrons. The molecule has 4 saturated heterocycles. The normalized spacial score (nSPS) is 22.6. The largest absolute Gasteiger partial charge is 0.494 e. The lowest BCUT2D eigenvalue weighted by molar-refractivity contribution is -0.139. The summed E-state index contributed by atoms with van der Waals surface area (Å²) >= 11 is 0. The molecular weight excluding hydrogens is 789 g/mol. The number of nitrogens with zero attached hydrogens (tertiary/aromatic N) is 9. The molecule has 3 unspecified atom stereocenters. The van der Waals surface area contributed by atoms with Crippen LogP contribution in [0.2, 0.25) is 0 Å². The number of benzene rings is 1. The highest BCUT2D eigenvalue weighted by atomic mass is 16.5. The molecule has 4 aliphatic heterocycles. The van der Waals surface area contributed by atoms with Gasteiger partial charge in [0, 0.05) is 103 Å². The molecule has 19 heteroatoms. The fourth-order valence-electron chi connectivity index (χ4n) is 8.93. The second kappa shape index (κ2) is 22.0. The van der Waals surface area contributed by atoms with Crippen LogP contribution < -0.4 is 10.1 Å². The minimum atomic E-state index is -0.948. The van der Waals surface area contributed by atoms with Crippen molar-refractivity contribution in [2.24, 2.45) is 11.8 Å². The van der Waals surface area contributed by atoms with E-state index in [1.165, 1.54) is 4.90 Å². The van der Waals surface area contributed by atoms with Gasteiger partial charge in [0.05, 0.1) is 56.5 Å². The van der Waals surface area contributed by atoms with Gasteiger partial charge >= 0.3 is 11.9 Å². The Morgan fingerprint density at radius 2 is 1.43 bits per heavy atom. The van der Waals surface area contributed by atoms with Crippen LogP contribution in [0.15, 0.2) is 30.5 Å². The molecule has 3 amide bonds. The van der Waals surface area contributed by atoms with E-state index < -0.39 is 23.9 Å². The lowest BCUT2D eigenvalue weighted by Crippen LogP contribution is -2.49. The van der Waals surface area contributed by atoms with Gasteiger partial charge in [0.25, 0.3) is 5.91 Å². The van der Waals surface area contributed by atoms with Crippen molar-refractivity contribution in [2.45, 2.75) is 25.3 Å². The number of ether oxygens (including phenoxy) is 1. The monoisotopic (exact) mass is 846 g/mol. The number of aldehydes is 1. The third kappa shape index (κ3) is 12.9. The Morgan fingerprint density at radius 1 is 0.803 bits per heavy atom. The Bertz CT molecular complexity index is 1880. The number of nitrogens with one attached hydrogen (secondary N) is 1. The van der Waals surface area contributed by atoms with Crippen LogP contribution in [0.1, 0.15) is 29.6 Å². The maximum absolute atomic E-state index is 13.7. The summed E-state index contributed by atoms with van der Waals surface area (Å²) in [5.41, 5.74) is 1.00. The first-order chi connectivity index (χ1) is 29.5. The van der Waals surface area contributed by atoms with Crippen LogP contribution in [0.4, 0.5) is 0 Å². The van der Waals surface area contributed by atoms with E-state index in [0.29, 0.717) is 119 Å². The number of pyridine rings is 1. The summed E-state index contributed by atoms with van der Waals surface area (Å²) in [6.45, 7) is 8.28. The van der Waals surface area contributed by atoms with Crippen molar-refractivity contribution in [3.8, 4) is 11.8 Å². The predicted molar refractivity (Wildman–Crippen MR) is 222 cm³/mol. The van der Waals surface area contributed by atoms with Crippen molar-refractivity contribution < 1.29 is 43.7 Å². The average Bonchev–Trinajstić information content (AvgIpc) is 3.98. The van der Waals surface area contributed by atoms with Gasteiger partial charge < -0.3 is 39.8 Å². The maximum Gasteiger partial charge on any atom is 0.317 e. The Balaban J connectivity index is 0.951. The third-order valence-electron chi connectivity index (χ3n) is 12.2. The number of carbonyl (C=O) groups excluding carboxylic acids is 4. The van der Waals surface area contributed by atoms with E-state index in [2.05, 4.69) is 21.3 Å². The second-order valence-corrected chi connectivity index (χ2v) is 16.5. The first kappa shape index (κ1) is 45.3. The maximum atomic E-state index is 13.7. The Labute approximate surface area is 355 Å². The zero-order chi connectivity index (χ0) is 43.3. The lowest BCUT2D eigenvalue weighted by atomic mass is 10.0. The number of nitriles is 1. The van der Waals surface area contributed by atoms with Gasteiger partial charge in [-0.05, 0) is 55.4 Å². The SMILES string of the molecule is N#CC1CCCN1C(=O)CNC(=O)c1ccnc2ccc(OCCCN3CC4CN(C(=O)CN5CCN(CC(=O)O)CCN(CC=O)CCN(CC(=O)O)CC5)CC4C3)cc12. The molecule has 2 aromatic rings. The number of carboxylic acids is 2. The first-order valence-electron chi connectivity index (χ1n) is 21.2. The molecule has 0 saturated carbocycles. The summed E-state index contributed by atoms with van der Waals surface area (Å²) in [5.74, 6) is -1.24. The summed E-state index contributed by atoms with van der Waals surface area (Å²) in [7, 11) is 0. The Hall–Kier alpha value is -5.26. The first-order valence-corrected chi connectivity index (χ1v) is 21.2. The average molecular weight is 847 g/mol. The molecule has 3 atom stereocenters. The number of fused-ring (bicyclic) bond motifs is 2. The molecule has 0 aliphatic carbocycles. The molecule has 1 aromatic heterocycles. The van der Waals surface area contributed by atoms with E-state index in [-0.39, 0.29) is 44.5 Å². The summed E-state index contributed by atoms with van der Waals surface area (Å²) in [6.07, 6.45) is 4.54. The number of hydrogen-bond donors (Lipinski definition) is 3. The standard InChI is InChI=1S/C42H58N10O9/c43-22-33-3-1-9-52(33)38(54)23-45-42(60)35-6-7-44-37-5-4-34(21-36(35)37)61-20-2-8-50-24-31-26-51(27-32(31)25-50)39(55)28-47-14-16-48(29-40(56)57)12-10-46(18-19-53)11-13-49(17-15-47)30-41(58)59/h4-7,19,21,31-33H,1-3,8-18,20,23-30H2,(H,45,60)(H,56,57)(H,58,59). The molecule has 0 bridgehead atoms. The molecule has 4 aliphatic rings. The van der Waals surface area contributed by atoms with Crippen LogP contribution in [0.3, 0.4) is 0 Å². The van der Waals surface area contributed by atoms with E-state index in [4.69, 9.17) is 4.74 Å². The number of rotatable bonds is 16.